The Balaban J connectivity index is 0.00000192. The Labute approximate surface area is 143 Å². The highest BCUT2D eigenvalue weighted by Crippen LogP contribution is 2.26. The molecule has 1 aliphatic heterocycles. The average molecular weight is 338 g/mol. The van der Waals surface area contributed by atoms with Crippen LogP contribution in [-0.4, -0.2) is 53.8 Å². The van der Waals surface area contributed by atoms with Gasteiger partial charge in [0.05, 0.1) is 5.92 Å². The van der Waals surface area contributed by atoms with Crippen molar-refractivity contribution in [3.63, 3.8) is 0 Å². The van der Waals surface area contributed by atoms with Gasteiger partial charge in [0.1, 0.15) is 0 Å². The smallest absolute Gasteiger partial charge is 0.253 e. The second kappa shape index (κ2) is 7.79. The highest BCUT2D eigenvalue weighted by Gasteiger charge is 2.35. The molecule has 1 saturated carbocycles. The van der Waals surface area contributed by atoms with Crippen LogP contribution < -0.4 is 5.73 Å². The van der Waals surface area contributed by atoms with E-state index in [4.69, 9.17) is 5.73 Å². The number of nitrogens with two attached hydrogens (primary N) is 1. The van der Waals surface area contributed by atoms with E-state index in [9.17, 15) is 9.59 Å². The van der Waals surface area contributed by atoms with Crippen LogP contribution in [0.25, 0.3) is 0 Å². The van der Waals surface area contributed by atoms with Crippen LogP contribution in [0.1, 0.15) is 29.6 Å². The van der Waals surface area contributed by atoms with Crippen LogP contribution in [0.3, 0.4) is 0 Å². The second-order valence-electron chi connectivity index (χ2n) is 6.18. The summed E-state index contributed by atoms with van der Waals surface area (Å²) in [6.45, 7) is 2.42. The summed E-state index contributed by atoms with van der Waals surface area (Å²) in [6, 6.07) is 9.31. The third-order valence-electron chi connectivity index (χ3n) is 4.79. The molecule has 0 bridgehead atoms. The maximum Gasteiger partial charge on any atom is 0.253 e. The predicted molar refractivity (Wildman–Crippen MR) is 91.5 cm³/mol. The lowest BCUT2D eigenvalue weighted by Crippen LogP contribution is -2.53. The van der Waals surface area contributed by atoms with Crippen molar-refractivity contribution in [2.24, 2.45) is 11.7 Å². The Morgan fingerprint density at radius 2 is 1.57 bits per heavy atom. The molecule has 6 heteroatoms. The van der Waals surface area contributed by atoms with Gasteiger partial charge in [-0.2, -0.15) is 0 Å². The number of carbonyl (C=O) groups is 2. The number of carbonyl (C=O) groups excluding carboxylic acids is 2. The van der Waals surface area contributed by atoms with Gasteiger partial charge in [0.2, 0.25) is 5.91 Å². The van der Waals surface area contributed by atoms with E-state index in [1.54, 1.807) is 0 Å². The third kappa shape index (κ3) is 3.85. The van der Waals surface area contributed by atoms with Crippen LogP contribution in [0.2, 0.25) is 0 Å². The molecular formula is C17H24ClN3O2. The molecule has 1 aliphatic carbocycles. The van der Waals surface area contributed by atoms with Crippen molar-refractivity contribution >= 4 is 24.2 Å². The lowest BCUT2D eigenvalue weighted by atomic mass is 10.0. The van der Waals surface area contributed by atoms with E-state index in [-0.39, 0.29) is 36.2 Å². The van der Waals surface area contributed by atoms with Crippen molar-refractivity contribution < 1.29 is 9.59 Å². The van der Waals surface area contributed by atoms with Crippen molar-refractivity contribution in [3.05, 3.63) is 35.9 Å². The predicted octanol–water partition coefficient (Wildman–Crippen LogP) is 1.52. The van der Waals surface area contributed by atoms with E-state index in [0.717, 1.165) is 19.3 Å². The molecule has 3 rings (SSSR count). The minimum Gasteiger partial charge on any atom is -0.339 e. The first-order valence-electron chi connectivity index (χ1n) is 8.05. The van der Waals surface area contributed by atoms with Gasteiger partial charge >= 0.3 is 0 Å². The monoisotopic (exact) mass is 337 g/mol. The van der Waals surface area contributed by atoms with Gasteiger partial charge in [-0.3, -0.25) is 9.59 Å². The molecule has 1 aromatic rings. The Hall–Kier alpha value is -1.59. The van der Waals surface area contributed by atoms with Gasteiger partial charge in [-0.25, -0.2) is 0 Å². The number of benzene rings is 1. The fourth-order valence-corrected chi connectivity index (χ4v) is 3.42. The quantitative estimate of drug-likeness (QED) is 0.889. The van der Waals surface area contributed by atoms with Crippen LogP contribution in [-0.2, 0) is 4.79 Å². The van der Waals surface area contributed by atoms with Crippen LogP contribution in [0.5, 0.6) is 0 Å². The third-order valence-corrected chi connectivity index (χ3v) is 4.79. The van der Waals surface area contributed by atoms with E-state index < -0.39 is 0 Å². The molecular weight excluding hydrogens is 314 g/mol. The number of piperazine rings is 1. The van der Waals surface area contributed by atoms with Gasteiger partial charge < -0.3 is 15.5 Å². The van der Waals surface area contributed by atoms with Gasteiger partial charge in [-0.1, -0.05) is 24.6 Å². The minimum atomic E-state index is -0.0172. The number of nitrogens with zero attached hydrogens (tertiary/aromatic N) is 2. The Morgan fingerprint density at radius 1 is 0.957 bits per heavy atom. The van der Waals surface area contributed by atoms with Crippen molar-refractivity contribution in [3.8, 4) is 0 Å². The summed E-state index contributed by atoms with van der Waals surface area (Å²) >= 11 is 0. The fraction of sp³-hybridized carbons (Fsp3) is 0.529. The molecule has 1 aromatic carbocycles. The Morgan fingerprint density at radius 3 is 2.13 bits per heavy atom. The number of hydrogen-bond acceptors (Lipinski definition) is 3. The summed E-state index contributed by atoms with van der Waals surface area (Å²) in [5.41, 5.74) is 6.73. The molecule has 0 aromatic heterocycles. The van der Waals surface area contributed by atoms with Crippen LogP contribution >= 0.6 is 12.4 Å². The Bertz CT molecular complexity index is 544. The molecule has 2 atom stereocenters. The minimum absolute atomic E-state index is 0. The van der Waals surface area contributed by atoms with Crippen molar-refractivity contribution in [1.29, 1.82) is 0 Å². The zero-order chi connectivity index (χ0) is 15.5. The Kier molecular flexibility index (Phi) is 6.02. The first-order valence-corrected chi connectivity index (χ1v) is 8.05. The zero-order valence-corrected chi connectivity index (χ0v) is 14.0. The van der Waals surface area contributed by atoms with E-state index in [2.05, 4.69) is 0 Å². The molecule has 2 N–H and O–H groups in total. The van der Waals surface area contributed by atoms with Gasteiger partial charge in [-0.15, -0.1) is 12.4 Å². The van der Waals surface area contributed by atoms with Crippen LogP contribution in [0, 0.1) is 5.92 Å². The van der Waals surface area contributed by atoms with Crippen molar-refractivity contribution in [1.82, 2.24) is 9.80 Å². The molecule has 0 spiro atoms. The molecule has 2 amide bonds. The SMILES string of the molecule is Cl.NC1CCCC1C(=O)N1CCN(C(=O)c2ccccc2)CC1. The summed E-state index contributed by atoms with van der Waals surface area (Å²) in [6.07, 6.45) is 2.90. The number of hydrogen-bond donors (Lipinski definition) is 1. The van der Waals surface area contributed by atoms with E-state index in [1.165, 1.54) is 0 Å². The molecule has 5 nitrogen and oxygen atoms in total. The maximum atomic E-state index is 12.5. The lowest BCUT2D eigenvalue weighted by molar-refractivity contribution is -0.137. The largest absolute Gasteiger partial charge is 0.339 e. The first kappa shape index (κ1) is 17.8. The molecule has 23 heavy (non-hydrogen) atoms. The average Bonchev–Trinajstić information content (AvgIpc) is 3.00. The van der Waals surface area contributed by atoms with E-state index in [1.807, 2.05) is 40.1 Å². The summed E-state index contributed by atoms with van der Waals surface area (Å²) in [5.74, 6) is 0.207. The molecule has 1 heterocycles. The van der Waals surface area contributed by atoms with Crippen molar-refractivity contribution in [2.75, 3.05) is 26.2 Å². The number of halogens is 1. The van der Waals surface area contributed by atoms with Crippen LogP contribution in [0.15, 0.2) is 30.3 Å². The normalized spacial score (nSPS) is 24.2. The summed E-state index contributed by atoms with van der Waals surface area (Å²) in [5, 5.41) is 0. The zero-order valence-electron chi connectivity index (χ0n) is 13.2. The van der Waals surface area contributed by atoms with Gasteiger partial charge in [0.25, 0.3) is 5.91 Å². The van der Waals surface area contributed by atoms with Gasteiger partial charge in [-0.05, 0) is 25.0 Å². The first-order chi connectivity index (χ1) is 10.7. The van der Waals surface area contributed by atoms with Gasteiger partial charge in [0.15, 0.2) is 0 Å². The summed E-state index contributed by atoms with van der Waals surface area (Å²) in [7, 11) is 0. The van der Waals surface area contributed by atoms with Crippen LogP contribution in [0.4, 0.5) is 0 Å². The van der Waals surface area contributed by atoms with E-state index >= 15 is 0 Å². The molecule has 2 unspecified atom stereocenters. The maximum absolute atomic E-state index is 12.5. The fourth-order valence-electron chi connectivity index (χ4n) is 3.42. The second-order valence-corrected chi connectivity index (χ2v) is 6.18. The molecule has 2 fully saturated rings. The molecule has 2 aliphatic rings. The number of amides is 2. The van der Waals surface area contributed by atoms with Crippen molar-refractivity contribution in [2.45, 2.75) is 25.3 Å². The highest BCUT2D eigenvalue weighted by molar-refractivity contribution is 5.94. The lowest BCUT2D eigenvalue weighted by Gasteiger charge is -2.36. The highest BCUT2D eigenvalue weighted by atomic mass is 35.5. The van der Waals surface area contributed by atoms with Gasteiger partial charge in [0, 0.05) is 37.8 Å². The topological polar surface area (TPSA) is 66.6 Å². The standard InChI is InChI=1S/C17H23N3O2.ClH/c18-15-8-4-7-14(15)17(22)20-11-9-19(10-12-20)16(21)13-5-2-1-3-6-13;/h1-3,5-6,14-15H,4,7-12,18H2;1H. The molecule has 1 saturated heterocycles. The summed E-state index contributed by atoms with van der Waals surface area (Å²) in [4.78, 5) is 28.6. The number of rotatable bonds is 2. The van der Waals surface area contributed by atoms with E-state index in [0.29, 0.717) is 31.7 Å². The summed E-state index contributed by atoms with van der Waals surface area (Å²) < 4.78 is 0. The molecule has 126 valence electrons. The molecule has 0 radical (unpaired) electrons.